The number of aromatic hydroxyl groups is 1. The maximum Gasteiger partial charge on any atom is 0.217 e. The summed E-state index contributed by atoms with van der Waals surface area (Å²) >= 11 is 0. The third-order valence-electron chi connectivity index (χ3n) is 1.79. The number of nitrogens with one attached hydrogen (secondary N) is 1. The largest absolute Gasteiger partial charge is 0.506 e. The molecule has 80 valence electrons. The lowest BCUT2D eigenvalue weighted by Gasteiger charge is -1.99. The van der Waals surface area contributed by atoms with E-state index in [-0.39, 0.29) is 11.7 Å². The maximum absolute atomic E-state index is 10.6. The van der Waals surface area contributed by atoms with Crippen molar-refractivity contribution in [3.63, 3.8) is 0 Å². The van der Waals surface area contributed by atoms with Gasteiger partial charge in [0.25, 0.3) is 0 Å². The first kappa shape index (κ1) is 11.2. The molecule has 0 spiro atoms. The molecule has 0 aliphatic heterocycles. The number of aromatic nitrogens is 1. The summed E-state index contributed by atoms with van der Waals surface area (Å²) in [6.07, 6.45) is 3.42. The number of carbonyl (C=O) groups excluding carboxylic acids is 1. The molecule has 0 fully saturated rings. The van der Waals surface area contributed by atoms with Crippen LogP contribution in [0.3, 0.4) is 0 Å². The molecule has 0 radical (unpaired) electrons. The van der Waals surface area contributed by atoms with Crippen molar-refractivity contribution >= 4 is 12.0 Å². The quantitative estimate of drug-likeness (QED) is 0.782. The molecule has 0 saturated heterocycles. The summed E-state index contributed by atoms with van der Waals surface area (Å²) in [5, 5.41) is 12.1. The van der Waals surface area contributed by atoms with Crippen LogP contribution >= 0.6 is 0 Å². The van der Waals surface area contributed by atoms with Gasteiger partial charge in [-0.05, 0) is 25.1 Å². The van der Waals surface area contributed by atoms with E-state index >= 15 is 0 Å². The second-order valence-electron chi connectivity index (χ2n) is 3.20. The molecule has 1 rings (SSSR count). The van der Waals surface area contributed by atoms with Gasteiger partial charge in [0.1, 0.15) is 11.4 Å². The average molecular weight is 206 g/mol. The molecule has 0 atom stereocenters. The summed E-state index contributed by atoms with van der Waals surface area (Å²) in [6.45, 7) is 3.74. The number of pyridine rings is 1. The lowest BCUT2D eigenvalue weighted by atomic mass is 10.2. The molecular weight excluding hydrogens is 192 g/mol. The van der Waals surface area contributed by atoms with Gasteiger partial charge in [0.05, 0.1) is 0 Å². The van der Waals surface area contributed by atoms with Crippen LogP contribution in [0.15, 0.2) is 18.2 Å². The van der Waals surface area contributed by atoms with Crippen molar-refractivity contribution in [1.82, 2.24) is 10.3 Å². The van der Waals surface area contributed by atoms with E-state index in [9.17, 15) is 9.90 Å². The van der Waals surface area contributed by atoms with Crippen LogP contribution in [0.25, 0.3) is 6.08 Å². The van der Waals surface area contributed by atoms with Gasteiger partial charge in [-0.15, -0.1) is 0 Å². The normalized spacial score (nSPS) is 10.5. The van der Waals surface area contributed by atoms with Crippen molar-refractivity contribution in [3.05, 3.63) is 29.6 Å². The second-order valence-corrected chi connectivity index (χ2v) is 3.20. The molecule has 1 amide bonds. The van der Waals surface area contributed by atoms with Crippen LogP contribution in [0.1, 0.15) is 18.3 Å². The standard InChI is InChI=1S/C11H14N2O2/c1-8-5-6-11(15)10(13-8)4-3-7-12-9(2)14/h3-6,15H,7H2,1-2H3,(H,12,14). The molecule has 4 heteroatoms. The van der Waals surface area contributed by atoms with Crippen molar-refractivity contribution in [2.75, 3.05) is 6.54 Å². The van der Waals surface area contributed by atoms with E-state index in [2.05, 4.69) is 10.3 Å². The van der Waals surface area contributed by atoms with Crippen LogP contribution in [-0.4, -0.2) is 22.5 Å². The minimum absolute atomic E-state index is 0.0823. The molecule has 15 heavy (non-hydrogen) atoms. The molecule has 0 saturated carbocycles. The van der Waals surface area contributed by atoms with E-state index in [1.165, 1.54) is 6.92 Å². The first-order chi connectivity index (χ1) is 7.09. The molecule has 0 bridgehead atoms. The molecule has 4 nitrogen and oxygen atoms in total. The Morgan fingerprint density at radius 3 is 3.00 bits per heavy atom. The van der Waals surface area contributed by atoms with Crippen molar-refractivity contribution in [2.45, 2.75) is 13.8 Å². The Morgan fingerprint density at radius 2 is 2.33 bits per heavy atom. The predicted molar refractivity (Wildman–Crippen MR) is 58.4 cm³/mol. The maximum atomic E-state index is 10.6. The minimum Gasteiger partial charge on any atom is -0.506 e. The average Bonchev–Trinajstić information content (AvgIpc) is 2.17. The number of hydrogen-bond acceptors (Lipinski definition) is 3. The van der Waals surface area contributed by atoms with Crippen molar-refractivity contribution in [3.8, 4) is 5.75 Å². The Balaban J connectivity index is 2.63. The minimum atomic E-state index is -0.0823. The Bertz CT molecular complexity index is 386. The van der Waals surface area contributed by atoms with Gasteiger partial charge >= 0.3 is 0 Å². The first-order valence-electron chi connectivity index (χ1n) is 4.67. The zero-order valence-corrected chi connectivity index (χ0v) is 8.82. The Morgan fingerprint density at radius 1 is 1.60 bits per heavy atom. The summed E-state index contributed by atoms with van der Waals surface area (Å²) in [5.41, 5.74) is 1.35. The van der Waals surface area contributed by atoms with Crippen LogP contribution in [0.5, 0.6) is 5.75 Å². The van der Waals surface area contributed by atoms with Gasteiger partial charge in [0, 0.05) is 19.2 Å². The predicted octanol–water partition coefficient (Wildman–Crippen LogP) is 1.24. The fourth-order valence-electron chi connectivity index (χ4n) is 1.07. The molecule has 0 unspecified atom stereocenters. The number of nitrogens with zero attached hydrogens (tertiary/aromatic N) is 1. The highest BCUT2D eigenvalue weighted by Gasteiger charge is 1.97. The van der Waals surface area contributed by atoms with Gasteiger partial charge in [-0.1, -0.05) is 6.08 Å². The first-order valence-corrected chi connectivity index (χ1v) is 4.67. The van der Waals surface area contributed by atoms with Crippen LogP contribution < -0.4 is 5.32 Å². The number of amides is 1. The summed E-state index contributed by atoms with van der Waals surface area (Å²) in [4.78, 5) is 14.7. The van der Waals surface area contributed by atoms with E-state index in [0.717, 1.165) is 5.69 Å². The summed E-state index contributed by atoms with van der Waals surface area (Å²) in [6, 6.07) is 3.33. The van der Waals surface area contributed by atoms with Gasteiger partial charge in [0.15, 0.2) is 0 Å². The summed E-state index contributed by atoms with van der Waals surface area (Å²) in [5.74, 6) is 0.0562. The van der Waals surface area contributed by atoms with Crippen LogP contribution in [0.2, 0.25) is 0 Å². The molecule has 0 aliphatic rings. The van der Waals surface area contributed by atoms with Crippen molar-refractivity contribution < 1.29 is 9.90 Å². The van der Waals surface area contributed by atoms with Gasteiger partial charge in [-0.25, -0.2) is 4.98 Å². The van der Waals surface area contributed by atoms with E-state index < -0.39 is 0 Å². The highest BCUT2D eigenvalue weighted by atomic mass is 16.3. The van der Waals surface area contributed by atoms with E-state index in [1.807, 2.05) is 6.92 Å². The Labute approximate surface area is 88.7 Å². The summed E-state index contributed by atoms with van der Waals surface area (Å²) in [7, 11) is 0. The van der Waals surface area contributed by atoms with Crippen molar-refractivity contribution in [2.24, 2.45) is 0 Å². The lowest BCUT2D eigenvalue weighted by molar-refractivity contribution is -0.118. The molecule has 0 aliphatic carbocycles. The van der Waals surface area contributed by atoms with Gasteiger partial charge in [0.2, 0.25) is 5.91 Å². The highest BCUT2D eigenvalue weighted by molar-refractivity contribution is 5.73. The third-order valence-corrected chi connectivity index (χ3v) is 1.79. The van der Waals surface area contributed by atoms with Crippen molar-refractivity contribution in [1.29, 1.82) is 0 Å². The van der Waals surface area contributed by atoms with E-state index in [0.29, 0.717) is 12.2 Å². The zero-order chi connectivity index (χ0) is 11.3. The van der Waals surface area contributed by atoms with E-state index in [4.69, 9.17) is 0 Å². The number of carbonyl (C=O) groups is 1. The number of hydrogen-bond donors (Lipinski definition) is 2. The fraction of sp³-hybridized carbons (Fsp3) is 0.273. The van der Waals surface area contributed by atoms with Crippen LogP contribution in [-0.2, 0) is 4.79 Å². The molecule has 1 heterocycles. The second kappa shape index (κ2) is 5.14. The summed E-state index contributed by atoms with van der Waals surface area (Å²) < 4.78 is 0. The molecule has 1 aromatic heterocycles. The van der Waals surface area contributed by atoms with Gasteiger partial charge < -0.3 is 10.4 Å². The highest BCUT2D eigenvalue weighted by Crippen LogP contribution is 2.15. The number of aryl methyl sites for hydroxylation is 1. The van der Waals surface area contributed by atoms with Gasteiger partial charge in [-0.3, -0.25) is 4.79 Å². The Hall–Kier alpha value is -1.84. The van der Waals surface area contributed by atoms with Gasteiger partial charge in [-0.2, -0.15) is 0 Å². The molecule has 1 aromatic rings. The topological polar surface area (TPSA) is 62.2 Å². The third kappa shape index (κ3) is 3.81. The lowest BCUT2D eigenvalue weighted by Crippen LogP contribution is -2.19. The fourth-order valence-corrected chi connectivity index (χ4v) is 1.07. The Kier molecular flexibility index (Phi) is 3.85. The molecular formula is C11H14N2O2. The van der Waals surface area contributed by atoms with E-state index in [1.54, 1.807) is 24.3 Å². The smallest absolute Gasteiger partial charge is 0.217 e. The molecule has 0 aromatic carbocycles. The SMILES string of the molecule is CC(=O)NCC=Cc1nc(C)ccc1O. The monoisotopic (exact) mass is 206 g/mol. The van der Waals surface area contributed by atoms with Crippen LogP contribution in [0.4, 0.5) is 0 Å². The van der Waals surface area contributed by atoms with Crippen LogP contribution in [0, 0.1) is 6.92 Å². The zero-order valence-electron chi connectivity index (χ0n) is 8.82. The number of rotatable bonds is 3. The molecule has 2 N–H and O–H groups in total.